The molecule has 0 spiro atoms. The number of phenolic OH excluding ortho intramolecular Hbond substituents is 2. The van der Waals surface area contributed by atoms with Crippen molar-refractivity contribution in [3.8, 4) is 17.2 Å². The molecule has 0 aliphatic rings. The van der Waals surface area contributed by atoms with Crippen LogP contribution in [0.25, 0.3) is 0 Å². The van der Waals surface area contributed by atoms with E-state index in [0.717, 1.165) is 11.6 Å². The molecule has 0 aliphatic heterocycles. The molecule has 6 nitrogen and oxygen atoms in total. The first-order chi connectivity index (χ1) is 10.0. The number of aromatic hydroxyl groups is 2. The molecule has 110 valence electrons. The van der Waals surface area contributed by atoms with Gasteiger partial charge in [0.2, 0.25) is 0 Å². The van der Waals surface area contributed by atoms with Gasteiger partial charge in [-0.1, -0.05) is 6.07 Å². The molecule has 1 amide bonds. The second-order valence-electron chi connectivity index (χ2n) is 4.46. The SMILES string of the molecule is COc1ccc(CNC(=O)c2ccc(O)cc2O)cc1N. The smallest absolute Gasteiger partial charge is 0.255 e. The lowest BCUT2D eigenvalue weighted by atomic mass is 10.1. The molecule has 2 aromatic carbocycles. The Morgan fingerprint density at radius 2 is 2.00 bits per heavy atom. The number of hydrogen-bond donors (Lipinski definition) is 4. The summed E-state index contributed by atoms with van der Waals surface area (Å²) in [5, 5.41) is 21.5. The van der Waals surface area contributed by atoms with Crippen LogP contribution >= 0.6 is 0 Å². The molecule has 0 saturated heterocycles. The second-order valence-corrected chi connectivity index (χ2v) is 4.46. The maximum Gasteiger partial charge on any atom is 0.255 e. The molecule has 21 heavy (non-hydrogen) atoms. The lowest BCUT2D eigenvalue weighted by molar-refractivity contribution is 0.0948. The Bertz CT molecular complexity index is 671. The summed E-state index contributed by atoms with van der Waals surface area (Å²) < 4.78 is 5.05. The number of hydrogen-bond acceptors (Lipinski definition) is 5. The highest BCUT2D eigenvalue weighted by molar-refractivity contribution is 5.96. The van der Waals surface area contributed by atoms with Crippen molar-refractivity contribution in [2.75, 3.05) is 12.8 Å². The van der Waals surface area contributed by atoms with E-state index in [4.69, 9.17) is 10.5 Å². The van der Waals surface area contributed by atoms with Crippen LogP contribution in [-0.2, 0) is 6.54 Å². The van der Waals surface area contributed by atoms with E-state index in [2.05, 4.69) is 5.32 Å². The second kappa shape index (κ2) is 6.04. The molecule has 0 atom stereocenters. The van der Waals surface area contributed by atoms with Gasteiger partial charge in [0.1, 0.15) is 17.2 Å². The van der Waals surface area contributed by atoms with Gasteiger partial charge in [-0.2, -0.15) is 0 Å². The zero-order valence-electron chi connectivity index (χ0n) is 11.5. The third kappa shape index (κ3) is 3.36. The molecule has 0 fully saturated rings. The number of rotatable bonds is 4. The van der Waals surface area contributed by atoms with E-state index in [0.29, 0.717) is 11.4 Å². The Balaban J connectivity index is 2.05. The summed E-state index contributed by atoms with van der Waals surface area (Å²) in [5.41, 5.74) is 7.17. The lowest BCUT2D eigenvalue weighted by Gasteiger charge is -2.09. The first kappa shape index (κ1) is 14.5. The highest BCUT2D eigenvalue weighted by Crippen LogP contribution is 2.23. The molecule has 0 saturated carbocycles. The fourth-order valence-electron chi connectivity index (χ4n) is 1.88. The number of nitrogen functional groups attached to an aromatic ring is 1. The minimum Gasteiger partial charge on any atom is -0.508 e. The van der Waals surface area contributed by atoms with E-state index >= 15 is 0 Å². The minimum atomic E-state index is -0.443. The molecule has 6 heteroatoms. The highest BCUT2D eigenvalue weighted by atomic mass is 16.5. The molecule has 5 N–H and O–H groups in total. The monoisotopic (exact) mass is 288 g/mol. The number of benzene rings is 2. The van der Waals surface area contributed by atoms with Crippen LogP contribution in [0.2, 0.25) is 0 Å². The Kier molecular flexibility index (Phi) is 4.18. The van der Waals surface area contributed by atoms with Gasteiger partial charge in [-0.15, -0.1) is 0 Å². The average molecular weight is 288 g/mol. The van der Waals surface area contributed by atoms with Crippen LogP contribution in [0.5, 0.6) is 17.2 Å². The fourth-order valence-corrected chi connectivity index (χ4v) is 1.88. The molecular formula is C15H16N2O4. The number of methoxy groups -OCH3 is 1. The zero-order valence-corrected chi connectivity index (χ0v) is 11.5. The van der Waals surface area contributed by atoms with Crippen molar-refractivity contribution < 1.29 is 19.7 Å². The van der Waals surface area contributed by atoms with Gasteiger partial charge in [0.25, 0.3) is 5.91 Å². The quantitative estimate of drug-likeness (QED) is 0.640. The third-order valence-electron chi connectivity index (χ3n) is 2.97. The van der Waals surface area contributed by atoms with Crippen molar-refractivity contribution in [1.82, 2.24) is 5.32 Å². The third-order valence-corrected chi connectivity index (χ3v) is 2.97. The number of ether oxygens (including phenoxy) is 1. The van der Waals surface area contributed by atoms with Gasteiger partial charge in [0.15, 0.2) is 0 Å². The normalized spacial score (nSPS) is 10.1. The van der Waals surface area contributed by atoms with E-state index in [1.54, 1.807) is 18.2 Å². The summed E-state index contributed by atoms with van der Waals surface area (Å²) in [6.45, 7) is 0.257. The number of carbonyl (C=O) groups excluding carboxylic acids is 1. The Morgan fingerprint density at radius 3 is 2.62 bits per heavy atom. The van der Waals surface area contributed by atoms with Crippen LogP contribution in [0.1, 0.15) is 15.9 Å². The predicted octanol–water partition coefficient (Wildman–Crippen LogP) is 1.62. The number of carbonyl (C=O) groups is 1. The molecular weight excluding hydrogens is 272 g/mol. The molecule has 0 heterocycles. The Hall–Kier alpha value is -2.89. The molecule has 0 radical (unpaired) electrons. The van der Waals surface area contributed by atoms with Gasteiger partial charge in [0, 0.05) is 12.6 Å². The van der Waals surface area contributed by atoms with Crippen molar-refractivity contribution in [2.45, 2.75) is 6.54 Å². The van der Waals surface area contributed by atoms with Gasteiger partial charge in [-0.25, -0.2) is 0 Å². The number of nitrogens with one attached hydrogen (secondary N) is 1. The van der Waals surface area contributed by atoms with Crippen LogP contribution in [0, 0.1) is 0 Å². The van der Waals surface area contributed by atoms with Crippen LogP contribution in [0.4, 0.5) is 5.69 Å². The van der Waals surface area contributed by atoms with Crippen molar-refractivity contribution in [3.05, 3.63) is 47.5 Å². The van der Waals surface area contributed by atoms with Gasteiger partial charge in [-0.05, 0) is 29.8 Å². The average Bonchev–Trinajstić information content (AvgIpc) is 2.45. The number of nitrogens with two attached hydrogens (primary N) is 1. The van der Waals surface area contributed by atoms with E-state index in [9.17, 15) is 15.0 Å². The molecule has 0 aromatic heterocycles. The summed E-state index contributed by atoms with van der Waals surface area (Å²) in [5.74, 6) is -0.253. The summed E-state index contributed by atoms with van der Waals surface area (Å²) in [6, 6.07) is 9.00. The van der Waals surface area contributed by atoms with Gasteiger partial charge < -0.3 is 26.0 Å². The maximum atomic E-state index is 11.9. The van der Waals surface area contributed by atoms with E-state index < -0.39 is 5.91 Å². The van der Waals surface area contributed by atoms with E-state index in [1.807, 2.05) is 0 Å². The molecule has 0 aliphatic carbocycles. The Morgan fingerprint density at radius 1 is 1.24 bits per heavy atom. The van der Waals surface area contributed by atoms with Gasteiger partial charge in [-0.3, -0.25) is 4.79 Å². The summed E-state index contributed by atoms with van der Waals surface area (Å²) in [7, 11) is 1.53. The first-order valence-electron chi connectivity index (χ1n) is 6.24. The number of phenols is 2. The lowest BCUT2D eigenvalue weighted by Crippen LogP contribution is -2.22. The first-order valence-corrected chi connectivity index (χ1v) is 6.24. The summed E-state index contributed by atoms with van der Waals surface area (Å²) in [6.07, 6.45) is 0. The van der Waals surface area contributed by atoms with E-state index in [1.165, 1.54) is 19.2 Å². The molecule has 2 rings (SSSR count). The molecule has 0 unspecified atom stereocenters. The van der Waals surface area contributed by atoms with Crippen molar-refractivity contribution in [3.63, 3.8) is 0 Å². The van der Waals surface area contributed by atoms with Crippen LogP contribution < -0.4 is 15.8 Å². The van der Waals surface area contributed by atoms with Crippen LogP contribution in [-0.4, -0.2) is 23.2 Å². The predicted molar refractivity (Wildman–Crippen MR) is 78.3 cm³/mol. The minimum absolute atomic E-state index is 0.0919. The standard InChI is InChI=1S/C15H16N2O4/c1-21-14-5-2-9(6-12(14)16)8-17-15(20)11-4-3-10(18)7-13(11)19/h2-7,18-19H,8,16H2,1H3,(H,17,20). The zero-order chi connectivity index (χ0) is 15.4. The highest BCUT2D eigenvalue weighted by Gasteiger charge is 2.11. The van der Waals surface area contributed by atoms with Gasteiger partial charge in [0.05, 0.1) is 18.4 Å². The number of amides is 1. The maximum absolute atomic E-state index is 11.9. The van der Waals surface area contributed by atoms with Crippen LogP contribution in [0.15, 0.2) is 36.4 Å². The Labute approximate surface area is 121 Å². The van der Waals surface area contributed by atoms with E-state index in [-0.39, 0.29) is 23.6 Å². The largest absolute Gasteiger partial charge is 0.508 e. The van der Waals surface area contributed by atoms with Crippen molar-refractivity contribution >= 4 is 11.6 Å². The summed E-state index contributed by atoms with van der Waals surface area (Å²) >= 11 is 0. The van der Waals surface area contributed by atoms with Crippen LogP contribution in [0.3, 0.4) is 0 Å². The summed E-state index contributed by atoms with van der Waals surface area (Å²) in [4.78, 5) is 11.9. The fraction of sp³-hybridized carbons (Fsp3) is 0.133. The topological polar surface area (TPSA) is 105 Å². The number of anilines is 1. The van der Waals surface area contributed by atoms with Gasteiger partial charge >= 0.3 is 0 Å². The molecule has 0 bridgehead atoms. The van der Waals surface area contributed by atoms with Crippen molar-refractivity contribution in [2.24, 2.45) is 0 Å². The molecule has 2 aromatic rings. The van der Waals surface area contributed by atoms with Crippen molar-refractivity contribution in [1.29, 1.82) is 0 Å².